The van der Waals surface area contributed by atoms with Crippen molar-refractivity contribution in [3.05, 3.63) is 0 Å². The van der Waals surface area contributed by atoms with Crippen LogP contribution in [-0.2, 0) is 14.4 Å². The highest BCUT2D eigenvalue weighted by Gasteiger charge is 1.88. The maximum atomic E-state index is 9.55. The molecule has 0 aliphatic carbocycles. The van der Waals surface area contributed by atoms with Gasteiger partial charge in [0.1, 0.15) is 0 Å². The van der Waals surface area contributed by atoms with Crippen LogP contribution in [0.2, 0.25) is 0 Å². The van der Waals surface area contributed by atoms with Gasteiger partial charge in [0, 0.05) is 5.75 Å². The molecule has 0 atom stereocenters. The molecule has 0 bridgehead atoms. The van der Waals surface area contributed by atoms with Crippen molar-refractivity contribution in [1.82, 2.24) is 0 Å². The van der Waals surface area contributed by atoms with Gasteiger partial charge >= 0.3 is 17.9 Å². The topological polar surface area (TPSA) is 132 Å². The summed E-state index contributed by atoms with van der Waals surface area (Å²) < 4.78 is 0. The molecule has 7 nitrogen and oxygen atoms in total. The molecule has 0 unspecified atom stereocenters. The van der Waals surface area contributed by atoms with Gasteiger partial charge in [0.15, 0.2) is 0 Å². The summed E-state index contributed by atoms with van der Waals surface area (Å²) in [5, 5.41) is 30.6. The Bertz CT molecular complexity index is 211. The first kappa shape index (κ1) is 27.2. The lowest BCUT2D eigenvalue weighted by molar-refractivity contribution is -0.137. The van der Waals surface area contributed by atoms with Crippen LogP contribution >= 0.6 is 50.5 Å². The number of carboxylic acids is 3. The average molecular weight is 354 g/mol. The van der Waals surface area contributed by atoms with E-state index in [1.54, 1.807) is 0 Å². The van der Waals surface area contributed by atoms with Crippen LogP contribution in [0.4, 0.5) is 0 Å². The molecule has 0 saturated heterocycles. The summed E-state index contributed by atoms with van der Waals surface area (Å²) in [5.74, 6) is -2.35. The molecule has 11 heteroatoms. The highest BCUT2D eigenvalue weighted by molar-refractivity contribution is 7.81. The van der Waals surface area contributed by atoms with Crippen LogP contribution in [0.3, 0.4) is 0 Å². The summed E-state index contributed by atoms with van der Waals surface area (Å²) in [4.78, 5) is 28.1. The number of aliphatic hydroxyl groups is 1. The fourth-order valence-corrected chi connectivity index (χ4v) is 0.287. The van der Waals surface area contributed by atoms with Crippen LogP contribution < -0.4 is 0 Å². The van der Waals surface area contributed by atoms with E-state index in [0.717, 1.165) is 0 Å². The predicted molar refractivity (Wildman–Crippen MR) is 85.2 cm³/mol. The van der Waals surface area contributed by atoms with Gasteiger partial charge in [0.25, 0.3) is 0 Å². The summed E-state index contributed by atoms with van der Waals surface area (Å²) in [6.45, 7) is 0. The Balaban J connectivity index is -0.0000000811. The molecule has 116 valence electrons. The molecule has 0 fully saturated rings. The van der Waals surface area contributed by atoms with Gasteiger partial charge in [-0.2, -0.15) is 50.5 Å². The molecular formula is C8H18O7S4. The van der Waals surface area contributed by atoms with E-state index in [1.807, 2.05) is 0 Å². The molecule has 0 aromatic carbocycles. The van der Waals surface area contributed by atoms with Gasteiger partial charge in [-0.1, -0.05) is 0 Å². The number of aliphatic carboxylic acids is 3. The Morgan fingerprint density at radius 2 is 0.947 bits per heavy atom. The van der Waals surface area contributed by atoms with Crippen LogP contribution in [0.1, 0.15) is 6.42 Å². The lowest BCUT2D eigenvalue weighted by Crippen LogP contribution is -1.93. The zero-order chi connectivity index (χ0) is 16.3. The van der Waals surface area contributed by atoms with Crippen molar-refractivity contribution in [2.24, 2.45) is 0 Å². The molecule has 19 heavy (non-hydrogen) atoms. The number of rotatable bonds is 4. The third-order valence-electron chi connectivity index (χ3n) is 0.596. The Hall–Kier alpha value is -0.230. The number of carbonyl (C=O) groups is 3. The Kier molecular flexibility index (Phi) is 37.7. The Labute approximate surface area is 133 Å². The summed E-state index contributed by atoms with van der Waals surface area (Å²) in [6.07, 6.45) is 0.156. The van der Waals surface area contributed by atoms with Gasteiger partial charge in [-0.15, -0.1) is 0 Å². The van der Waals surface area contributed by atoms with Crippen molar-refractivity contribution in [3.8, 4) is 0 Å². The van der Waals surface area contributed by atoms with E-state index in [1.165, 1.54) is 0 Å². The minimum atomic E-state index is -0.881. The lowest BCUT2D eigenvalue weighted by atomic mass is 10.5. The monoisotopic (exact) mass is 354 g/mol. The number of aliphatic hydroxyl groups excluding tert-OH is 1. The molecule has 0 heterocycles. The quantitative estimate of drug-likeness (QED) is 0.268. The molecule has 0 saturated carbocycles. The van der Waals surface area contributed by atoms with Crippen molar-refractivity contribution in [2.75, 3.05) is 23.2 Å². The molecule has 0 aliphatic rings. The number of carboxylic acid groups (broad SMARTS) is 3. The van der Waals surface area contributed by atoms with E-state index in [0.29, 0.717) is 5.75 Å². The molecular weight excluding hydrogens is 336 g/mol. The molecule has 0 rings (SSSR count). The van der Waals surface area contributed by atoms with Gasteiger partial charge in [-0.3, -0.25) is 14.4 Å². The van der Waals surface area contributed by atoms with E-state index in [-0.39, 0.29) is 23.9 Å². The standard InChI is InChI=1S/C3H6O2S.2C2H4O2S.CH4OS/c4-3(5)1-2-6;2*3-2(4)1-5;2-1-3/h6H,1-2H2,(H,4,5);2*5H,1H2,(H,3,4);2-3H,1H2. The summed E-state index contributed by atoms with van der Waals surface area (Å²) >= 11 is 13.9. The van der Waals surface area contributed by atoms with Crippen molar-refractivity contribution >= 4 is 68.4 Å². The first-order valence-corrected chi connectivity index (χ1v) is 6.95. The van der Waals surface area contributed by atoms with Crippen LogP contribution in [-0.4, -0.2) is 61.5 Å². The average Bonchev–Trinajstić information content (AvgIpc) is 2.31. The van der Waals surface area contributed by atoms with Gasteiger partial charge in [0.05, 0.1) is 23.9 Å². The normalized spacial score (nSPS) is 7.42. The SMILES string of the molecule is O=C(O)CCS.O=C(O)CS.O=C(O)CS.OCS. The van der Waals surface area contributed by atoms with E-state index < -0.39 is 17.9 Å². The van der Waals surface area contributed by atoms with Crippen LogP contribution in [0.15, 0.2) is 0 Å². The molecule has 0 aromatic heterocycles. The molecule has 0 spiro atoms. The second-order valence-corrected chi connectivity index (χ2v) is 3.47. The van der Waals surface area contributed by atoms with Crippen LogP contribution in [0, 0.1) is 0 Å². The second kappa shape index (κ2) is 26.4. The summed E-state index contributed by atoms with van der Waals surface area (Å²) in [7, 11) is 0. The summed E-state index contributed by atoms with van der Waals surface area (Å²) in [6, 6.07) is 0. The van der Waals surface area contributed by atoms with Crippen LogP contribution in [0.25, 0.3) is 0 Å². The van der Waals surface area contributed by atoms with E-state index in [9.17, 15) is 14.4 Å². The van der Waals surface area contributed by atoms with E-state index >= 15 is 0 Å². The largest absolute Gasteiger partial charge is 0.481 e. The molecule has 4 N–H and O–H groups in total. The van der Waals surface area contributed by atoms with Gasteiger partial charge < -0.3 is 20.4 Å². The van der Waals surface area contributed by atoms with Crippen molar-refractivity contribution in [3.63, 3.8) is 0 Å². The maximum absolute atomic E-state index is 9.55. The highest BCUT2D eigenvalue weighted by atomic mass is 32.1. The summed E-state index contributed by atoms with van der Waals surface area (Å²) in [5.41, 5.74) is 0. The zero-order valence-corrected chi connectivity index (χ0v) is 13.4. The fourth-order valence-electron chi connectivity index (χ4n) is 0.0956. The second-order valence-electron chi connectivity index (χ2n) is 2.11. The Morgan fingerprint density at radius 1 is 0.737 bits per heavy atom. The van der Waals surface area contributed by atoms with Crippen molar-refractivity contribution in [2.45, 2.75) is 6.42 Å². The van der Waals surface area contributed by atoms with Gasteiger partial charge in [-0.05, 0) is 0 Å². The minimum absolute atomic E-state index is 0.0556. The molecule has 0 radical (unpaired) electrons. The highest BCUT2D eigenvalue weighted by Crippen LogP contribution is 1.79. The van der Waals surface area contributed by atoms with Gasteiger partial charge in [-0.25, -0.2) is 0 Å². The van der Waals surface area contributed by atoms with Crippen molar-refractivity contribution < 1.29 is 34.8 Å². The Morgan fingerprint density at radius 3 is 0.947 bits per heavy atom. The third kappa shape index (κ3) is 96.4. The zero-order valence-electron chi connectivity index (χ0n) is 9.84. The fraction of sp³-hybridized carbons (Fsp3) is 0.625. The maximum Gasteiger partial charge on any atom is 0.313 e. The molecule has 0 amide bonds. The number of hydrogen-bond donors (Lipinski definition) is 8. The first-order valence-electron chi connectivity index (χ1n) is 4.42. The number of thiol groups is 4. The number of hydrogen-bond acceptors (Lipinski definition) is 8. The van der Waals surface area contributed by atoms with E-state index in [4.69, 9.17) is 20.4 Å². The minimum Gasteiger partial charge on any atom is -0.481 e. The molecule has 0 aromatic rings. The first-order chi connectivity index (χ1) is 8.72. The van der Waals surface area contributed by atoms with Crippen molar-refractivity contribution in [1.29, 1.82) is 0 Å². The molecule has 0 aliphatic heterocycles. The van der Waals surface area contributed by atoms with Gasteiger partial charge in [0.2, 0.25) is 0 Å². The predicted octanol–water partition coefficient (Wildman–Crippen LogP) is 0.258. The lowest BCUT2D eigenvalue weighted by Gasteiger charge is -1.79. The smallest absolute Gasteiger partial charge is 0.313 e. The van der Waals surface area contributed by atoms with Crippen LogP contribution in [0.5, 0.6) is 0 Å². The third-order valence-corrected chi connectivity index (χ3v) is 1.36. The van der Waals surface area contributed by atoms with E-state index in [2.05, 4.69) is 50.5 Å².